The molecule has 0 saturated carbocycles. The van der Waals surface area contributed by atoms with E-state index in [-0.39, 0.29) is 0 Å². The van der Waals surface area contributed by atoms with Crippen molar-refractivity contribution in [1.29, 1.82) is 0 Å². The van der Waals surface area contributed by atoms with Crippen LogP contribution in [0.1, 0.15) is 22.4 Å². The molecule has 3 nitrogen and oxygen atoms in total. The van der Waals surface area contributed by atoms with Crippen molar-refractivity contribution in [2.75, 3.05) is 5.32 Å². The lowest BCUT2D eigenvalue weighted by Gasteiger charge is -2.20. The van der Waals surface area contributed by atoms with E-state index in [1.54, 1.807) is 0 Å². The molecule has 1 aromatic heterocycles. The van der Waals surface area contributed by atoms with E-state index in [4.69, 9.17) is 0 Å². The molecule has 3 rings (SSSR count). The molecule has 0 spiro atoms. The number of benzene rings is 1. The smallest absolute Gasteiger partial charge is 0.132 e. The van der Waals surface area contributed by atoms with Gasteiger partial charge in [0.05, 0.1) is 12.2 Å². The summed E-state index contributed by atoms with van der Waals surface area (Å²) in [4.78, 5) is 0. The number of fused-ring (bicyclic) bond motifs is 2. The monoisotopic (exact) mass is 213 g/mol. The number of nitrogens with one attached hydrogen (secondary N) is 1. The zero-order valence-electron chi connectivity index (χ0n) is 9.83. The van der Waals surface area contributed by atoms with Gasteiger partial charge in [-0.3, -0.25) is 0 Å². The third-order valence-corrected chi connectivity index (χ3v) is 3.26. The van der Waals surface area contributed by atoms with Crippen molar-refractivity contribution in [3.8, 4) is 0 Å². The van der Waals surface area contributed by atoms with E-state index in [1.165, 1.54) is 22.4 Å². The van der Waals surface area contributed by atoms with Gasteiger partial charge in [0.2, 0.25) is 0 Å². The van der Waals surface area contributed by atoms with Crippen molar-refractivity contribution in [2.45, 2.75) is 27.3 Å². The number of nitrogens with zero attached hydrogens (tertiary/aromatic N) is 2. The quantitative estimate of drug-likeness (QED) is 0.622. The van der Waals surface area contributed by atoms with Gasteiger partial charge in [-0.15, -0.1) is 0 Å². The van der Waals surface area contributed by atoms with Crippen LogP contribution in [-0.2, 0) is 6.54 Å². The van der Waals surface area contributed by atoms with Crippen LogP contribution >= 0.6 is 0 Å². The Kier molecular flexibility index (Phi) is 1.84. The number of hydrogen-bond donors (Lipinski definition) is 1. The van der Waals surface area contributed by atoms with E-state index < -0.39 is 0 Å². The number of anilines is 2. The number of aromatic nitrogens is 2. The number of rotatable bonds is 0. The van der Waals surface area contributed by atoms with Gasteiger partial charge in [-0.05, 0) is 32.4 Å². The molecule has 1 aliphatic heterocycles. The van der Waals surface area contributed by atoms with E-state index in [9.17, 15) is 0 Å². The fraction of sp³-hybridized carbons (Fsp3) is 0.308. The molecule has 1 aromatic carbocycles. The second kappa shape index (κ2) is 3.11. The zero-order chi connectivity index (χ0) is 11.3. The molecule has 3 heteroatoms. The van der Waals surface area contributed by atoms with Crippen molar-refractivity contribution in [1.82, 2.24) is 9.78 Å². The Morgan fingerprint density at radius 2 is 2.06 bits per heavy atom. The highest BCUT2D eigenvalue weighted by atomic mass is 15.3. The first kappa shape index (κ1) is 9.46. The Morgan fingerprint density at radius 1 is 1.25 bits per heavy atom. The first-order valence-corrected chi connectivity index (χ1v) is 5.56. The Labute approximate surface area is 95.1 Å². The SMILES string of the molecule is Cc1ccc2c(c1)Cn1nc(C)c(C)c1N2. The van der Waals surface area contributed by atoms with Crippen molar-refractivity contribution in [2.24, 2.45) is 0 Å². The molecule has 2 heterocycles. The largest absolute Gasteiger partial charge is 0.340 e. The van der Waals surface area contributed by atoms with Crippen molar-refractivity contribution >= 4 is 11.5 Å². The van der Waals surface area contributed by atoms with Crippen molar-refractivity contribution in [3.63, 3.8) is 0 Å². The Bertz CT molecular complexity index is 567. The van der Waals surface area contributed by atoms with E-state index in [2.05, 4.69) is 49.4 Å². The summed E-state index contributed by atoms with van der Waals surface area (Å²) >= 11 is 0. The van der Waals surface area contributed by atoms with Gasteiger partial charge in [0.1, 0.15) is 5.82 Å². The van der Waals surface area contributed by atoms with Crippen LogP contribution in [0.2, 0.25) is 0 Å². The van der Waals surface area contributed by atoms with E-state index in [0.29, 0.717) is 0 Å². The van der Waals surface area contributed by atoms with Crippen molar-refractivity contribution in [3.05, 3.63) is 40.6 Å². The molecule has 0 fully saturated rings. The third-order valence-electron chi connectivity index (χ3n) is 3.26. The van der Waals surface area contributed by atoms with Gasteiger partial charge in [-0.2, -0.15) is 5.10 Å². The summed E-state index contributed by atoms with van der Waals surface area (Å²) in [6.07, 6.45) is 0. The second-order valence-electron chi connectivity index (χ2n) is 4.50. The van der Waals surface area contributed by atoms with Gasteiger partial charge >= 0.3 is 0 Å². The van der Waals surface area contributed by atoms with Crippen molar-refractivity contribution < 1.29 is 0 Å². The lowest BCUT2D eigenvalue weighted by Crippen LogP contribution is -2.14. The lowest BCUT2D eigenvalue weighted by molar-refractivity contribution is 0.677. The predicted octanol–water partition coefficient (Wildman–Crippen LogP) is 2.91. The van der Waals surface area contributed by atoms with Crippen LogP contribution in [0.15, 0.2) is 18.2 Å². The molecule has 0 aliphatic carbocycles. The molecule has 0 atom stereocenters. The summed E-state index contributed by atoms with van der Waals surface area (Å²) in [7, 11) is 0. The van der Waals surface area contributed by atoms with Gasteiger partial charge in [-0.1, -0.05) is 17.7 Å². The molecule has 0 radical (unpaired) electrons. The van der Waals surface area contributed by atoms with E-state index in [1.807, 2.05) is 4.68 Å². The van der Waals surface area contributed by atoms with Gasteiger partial charge in [0, 0.05) is 11.3 Å². The Hall–Kier alpha value is -1.77. The van der Waals surface area contributed by atoms with Crippen LogP contribution in [0.25, 0.3) is 0 Å². The fourth-order valence-corrected chi connectivity index (χ4v) is 2.21. The average molecular weight is 213 g/mol. The van der Waals surface area contributed by atoms with Crippen LogP contribution in [0.3, 0.4) is 0 Å². The summed E-state index contributed by atoms with van der Waals surface area (Å²) in [5.74, 6) is 1.13. The standard InChI is InChI=1S/C13H15N3/c1-8-4-5-12-11(6-8)7-16-13(14-12)9(2)10(3)15-16/h4-6,14H,7H2,1-3H3. The third kappa shape index (κ3) is 1.24. The van der Waals surface area contributed by atoms with Crippen LogP contribution in [-0.4, -0.2) is 9.78 Å². The molecule has 0 bridgehead atoms. The van der Waals surface area contributed by atoms with Gasteiger partial charge in [0.25, 0.3) is 0 Å². The molecule has 82 valence electrons. The minimum absolute atomic E-state index is 0.869. The lowest BCUT2D eigenvalue weighted by atomic mass is 10.1. The maximum atomic E-state index is 4.53. The number of hydrogen-bond acceptors (Lipinski definition) is 2. The maximum Gasteiger partial charge on any atom is 0.132 e. The topological polar surface area (TPSA) is 29.9 Å². The summed E-state index contributed by atoms with van der Waals surface area (Å²) < 4.78 is 2.05. The minimum atomic E-state index is 0.869. The van der Waals surface area contributed by atoms with Crippen LogP contribution in [0.4, 0.5) is 11.5 Å². The molecule has 0 unspecified atom stereocenters. The molecule has 0 amide bonds. The summed E-state index contributed by atoms with van der Waals surface area (Å²) in [5.41, 5.74) is 6.17. The predicted molar refractivity (Wildman–Crippen MR) is 65.3 cm³/mol. The molecule has 2 aromatic rings. The van der Waals surface area contributed by atoms with Crippen LogP contribution < -0.4 is 5.32 Å². The van der Waals surface area contributed by atoms with Gasteiger partial charge in [-0.25, -0.2) is 4.68 Å². The fourth-order valence-electron chi connectivity index (χ4n) is 2.21. The summed E-state index contributed by atoms with van der Waals surface area (Å²) in [6.45, 7) is 7.15. The molecule has 1 aliphatic rings. The molecular weight excluding hydrogens is 198 g/mol. The van der Waals surface area contributed by atoms with E-state index in [0.717, 1.165) is 18.1 Å². The molecule has 1 N–H and O–H groups in total. The van der Waals surface area contributed by atoms with Gasteiger partial charge in [0.15, 0.2) is 0 Å². The average Bonchev–Trinajstić information content (AvgIpc) is 2.52. The Balaban J connectivity index is 2.13. The van der Waals surface area contributed by atoms with Crippen LogP contribution in [0.5, 0.6) is 0 Å². The summed E-state index contributed by atoms with van der Waals surface area (Å²) in [6, 6.07) is 6.51. The Morgan fingerprint density at radius 3 is 2.88 bits per heavy atom. The highest BCUT2D eigenvalue weighted by Gasteiger charge is 2.18. The van der Waals surface area contributed by atoms with Gasteiger partial charge < -0.3 is 5.32 Å². The minimum Gasteiger partial charge on any atom is -0.340 e. The van der Waals surface area contributed by atoms with Crippen LogP contribution in [0, 0.1) is 20.8 Å². The highest BCUT2D eigenvalue weighted by Crippen LogP contribution is 2.31. The molecular formula is C13H15N3. The zero-order valence-corrected chi connectivity index (χ0v) is 9.83. The first-order chi connectivity index (χ1) is 7.65. The first-order valence-electron chi connectivity index (χ1n) is 5.56. The summed E-state index contributed by atoms with van der Waals surface area (Å²) in [5, 5.41) is 7.99. The van der Waals surface area contributed by atoms with E-state index >= 15 is 0 Å². The maximum absolute atomic E-state index is 4.53. The highest BCUT2D eigenvalue weighted by molar-refractivity contribution is 5.67. The normalized spacial score (nSPS) is 12.9. The number of aryl methyl sites for hydroxylation is 2. The molecule has 0 saturated heterocycles. The molecule has 16 heavy (non-hydrogen) atoms. The second-order valence-corrected chi connectivity index (χ2v) is 4.50.